The van der Waals surface area contributed by atoms with Crippen molar-refractivity contribution in [1.82, 2.24) is 9.97 Å². The lowest BCUT2D eigenvalue weighted by atomic mass is 10.0. The van der Waals surface area contributed by atoms with Gasteiger partial charge in [0.15, 0.2) is 9.84 Å². The van der Waals surface area contributed by atoms with Crippen molar-refractivity contribution < 1.29 is 18.3 Å². The molecule has 3 aromatic heterocycles. The molecule has 0 aliphatic carbocycles. The molecule has 3 heterocycles. The molecule has 0 spiro atoms. The van der Waals surface area contributed by atoms with Crippen molar-refractivity contribution in [1.29, 1.82) is 0 Å². The molecule has 32 heavy (non-hydrogen) atoms. The summed E-state index contributed by atoms with van der Waals surface area (Å²) < 4.78 is 26.0. The number of nitrogens with zero attached hydrogens (tertiary/aromatic N) is 1. The number of benzene rings is 1. The molecule has 0 saturated heterocycles. The number of hydrogen-bond donors (Lipinski definition) is 2. The second-order valence-electron chi connectivity index (χ2n) is 7.47. The molecule has 4 rings (SSSR count). The van der Waals surface area contributed by atoms with Gasteiger partial charge in [0, 0.05) is 23.3 Å². The molecule has 1 aromatic carbocycles. The van der Waals surface area contributed by atoms with Crippen LogP contribution in [0.4, 0.5) is 0 Å². The molecular formula is C24H20N2O4S2. The lowest BCUT2D eigenvalue weighted by molar-refractivity contribution is -0.140. The van der Waals surface area contributed by atoms with Gasteiger partial charge in [-0.15, -0.1) is 11.3 Å². The summed E-state index contributed by atoms with van der Waals surface area (Å²) in [6.45, 7) is 1.99. The fourth-order valence-electron chi connectivity index (χ4n) is 3.34. The van der Waals surface area contributed by atoms with Crippen LogP contribution in [-0.2, 0) is 21.1 Å². The Hall–Kier alpha value is -3.41. The molecule has 0 fully saturated rings. The number of carboxylic acids is 1. The Morgan fingerprint density at radius 1 is 1.16 bits per heavy atom. The van der Waals surface area contributed by atoms with Crippen LogP contribution in [0.1, 0.15) is 21.6 Å². The number of thiophene rings is 1. The van der Waals surface area contributed by atoms with Crippen LogP contribution in [0.25, 0.3) is 11.0 Å². The van der Waals surface area contributed by atoms with E-state index < -0.39 is 27.5 Å². The summed E-state index contributed by atoms with van der Waals surface area (Å²) in [7, 11) is -3.78. The number of carbonyl (C=O) groups is 1. The van der Waals surface area contributed by atoms with Gasteiger partial charge >= 0.3 is 5.97 Å². The van der Waals surface area contributed by atoms with Crippen LogP contribution in [0.5, 0.6) is 0 Å². The highest BCUT2D eigenvalue weighted by molar-refractivity contribution is 7.93. The zero-order valence-electron chi connectivity index (χ0n) is 17.2. The number of H-pyrrole nitrogens is 1. The van der Waals surface area contributed by atoms with E-state index in [-0.39, 0.29) is 10.6 Å². The number of nitrogens with one attached hydrogen (secondary N) is 1. The van der Waals surface area contributed by atoms with Crippen LogP contribution in [0.3, 0.4) is 0 Å². The van der Waals surface area contributed by atoms with Crippen molar-refractivity contribution in [3.8, 4) is 11.8 Å². The smallest absolute Gasteiger partial charge is 0.307 e. The fourth-order valence-corrected chi connectivity index (χ4v) is 6.14. The third-order valence-electron chi connectivity index (χ3n) is 5.04. The Morgan fingerprint density at radius 3 is 2.69 bits per heavy atom. The van der Waals surface area contributed by atoms with Crippen molar-refractivity contribution in [2.45, 2.75) is 17.6 Å². The fraction of sp³-hybridized carbons (Fsp3) is 0.167. The van der Waals surface area contributed by atoms with Gasteiger partial charge in [0.2, 0.25) is 0 Å². The Balaban J connectivity index is 1.52. The second kappa shape index (κ2) is 8.99. The predicted octanol–water partition coefficient (Wildman–Crippen LogP) is 4.05. The summed E-state index contributed by atoms with van der Waals surface area (Å²) >= 11 is 1.06. The number of hydrogen-bond acceptors (Lipinski definition) is 5. The summed E-state index contributed by atoms with van der Waals surface area (Å²) in [6.07, 6.45) is 3.41. The molecule has 0 bridgehead atoms. The van der Waals surface area contributed by atoms with Crippen molar-refractivity contribution in [3.05, 3.63) is 82.5 Å². The molecule has 8 heteroatoms. The molecule has 0 unspecified atom stereocenters. The van der Waals surface area contributed by atoms with Gasteiger partial charge in [0.1, 0.15) is 9.86 Å². The van der Waals surface area contributed by atoms with Crippen LogP contribution in [0.15, 0.2) is 65.1 Å². The minimum atomic E-state index is -3.78. The number of sulfone groups is 1. The van der Waals surface area contributed by atoms with E-state index in [2.05, 4.69) is 21.8 Å². The third-order valence-corrected chi connectivity index (χ3v) is 8.44. The lowest BCUT2D eigenvalue weighted by Gasteiger charge is -2.11. The number of fused-ring (bicyclic) bond motifs is 1. The quantitative estimate of drug-likeness (QED) is 0.419. The average molecular weight is 465 g/mol. The monoisotopic (exact) mass is 464 g/mol. The van der Waals surface area contributed by atoms with Gasteiger partial charge in [-0.05, 0) is 55.3 Å². The predicted molar refractivity (Wildman–Crippen MR) is 124 cm³/mol. The normalized spacial score (nSPS) is 12.3. The van der Waals surface area contributed by atoms with E-state index in [4.69, 9.17) is 0 Å². The zero-order chi connectivity index (χ0) is 22.7. The number of aliphatic carboxylic acids is 1. The second-order valence-corrected chi connectivity index (χ2v) is 10.8. The average Bonchev–Trinajstić information content (AvgIpc) is 3.41. The number of aromatic nitrogens is 2. The first-order valence-corrected chi connectivity index (χ1v) is 12.3. The van der Waals surface area contributed by atoms with E-state index in [1.165, 1.54) is 6.07 Å². The Kier molecular flexibility index (Phi) is 6.12. The van der Waals surface area contributed by atoms with E-state index in [1.807, 2.05) is 37.3 Å². The molecule has 1 atom stereocenters. The molecule has 0 aliphatic heterocycles. The van der Waals surface area contributed by atoms with E-state index in [0.717, 1.165) is 33.4 Å². The van der Waals surface area contributed by atoms with Gasteiger partial charge in [-0.3, -0.25) is 4.79 Å². The summed E-state index contributed by atoms with van der Waals surface area (Å²) in [6, 6.07) is 14.5. The van der Waals surface area contributed by atoms with Crippen molar-refractivity contribution in [2.75, 3.05) is 5.75 Å². The minimum absolute atomic E-state index is 0.0890. The molecule has 2 N–H and O–H groups in total. The molecular weight excluding hydrogens is 444 g/mol. The SMILES string of the molecule is Cc1ccc(C#Cc2ccc(S(=O)(=O)C[C@H](Cc3c[nH]c4ncccc34)C(=O)O)s2)cc1. The van der Waals surface area contributed by atoms with Crippen LogP contribution in [0, 0.1) is 24.7 Å². The molecule has 0 aliphatic rings. The van der Waals surface area contributed by atoms with E-state index in [1.54, 1.807) is 24.5 Å². The van der Waals surface area contributed by atoms with Gasteiger partial charge in [-0.25, -0.2) is 13.4 Å². The molecule has 4 aromatic rings. The van der Waals surface area contributed by atoms with Crippen molar-refractivity contribution >= 4 is 38.2 Å². The first-order chi connectivity index (χ1) is 15.3. The number of aromatic amines is 1. The van der Waals surface area contributed by atoms with Gasteiger partial charge < -0.3 is 10.1 Å². The zero-order valence-corrected chi connectivity index (χ0v) is 18.8. The topological polar surface area (TPSA) is 100 Å². The minimum Gasteiger partial charge on any atom is -0.481 e. The van der Waals surface area contributed by atoms with Gasteiger partial charge in [0.05, 0.1) is 16.5 Å². The summed E-state index contributed by atoms with van der Waals surface area (Å²) in [5, 5.41) is 10.5. The van der Waals surface area contributed by atoms with Gasteiger partial charge in [0.25, 0.3) is 0 Å². The van der Waals surface area contributed by atoms with Crippen LogP contribution in [0.2, 0.25) is 0 Å². The van der Waals surface area contributed by atoms with Crippen LogP contribution < -0.4 is 0 Å². The summed E-state index contributed by atoms with van der Waals surface area (Å²) in [5.41, 5.74) is 3.35. The standard InChI is InChI=1S/C24H20N2O4S2/c1-16-4-6-17(7-5-16)8-9-20-10-11-22(31-20)32(29,30)15-19(24(27)28)13-18-14-26-23-21(18)3-2-12-25-23/h2-7,10-12,14,19H,13,15H2,1H3,(H,25,26)(H,27,28)/t19-/m0/s1. The highest BCUT2D eigenvalue weighted by Crippen LogP contribution is 2.26. The molecule has 0 radical (unpaired) electrons. The molecule has 6 nitrogen and oxygen atoms in total. The first-order valence-electron chi connectivity index (χ1n) is 9.87. The number of rotatable bonds is 6. The maximum atomic E-state index is 12.9. The van der Waals surface area contributed by atoms with Crippen molar-refractivity contribution in [2.24, 2.45) is 5.92 Å². The highest BCUT2D eigenvalue weighted by Gasteiger charge is 2.28. The Labute approximate surface area is 189 Å². The van der Waals surface area contributed by atoms with Crippen LogP contribution in [-0.4, -0.2) is 35.2 Å². The number of carboxylic acid groups (broad SMARTS) is 1. The lowest BCUT2D eigenvalue weighted by Crippen LogP contribution is -2.25. The summed E-state index contributed by atoms with van der Waals surface area (Å²) in [5.74, 6) is 3.29. The van der Waals surface area contributed by atoms with Crippen LogP contribution >= 0.6 is 11.3 Å². The van der Waals surface area contributed by atoms with Gasteiger partial charge in [-0.1, -0.05) is 29.5 Å². The van der Waals surface area contributed by atoms with E-state index >= 15 is 0 Å². The molecule has 0 amide bonds. The van der Waals surface area contributed by atoms with Crippen molar-refractivity contribution in [3.63, 3.8) is 0 Å². The number of aryl methyl sites for hydroxylation is 1. The maximum Gasteiger partial charge on any atom is 0.307 e. The van der Waals surface area contributed by atoms with Gasteiger partial charge in [-0.2, -0.15) is 0 Å². The summed E-state index contributed by atoms with van der Waals surface area (Å²) in [4.78, 5) is 19.6. The molecule has 0 saturated carbocycles. The van der Waals surface area contributed by atoms with E-state index in [9.17, 15) is 18.3 Å². The Bertz CT molecular complexity index is 1440. The number of pyridine rings is 1. The van der Waals surface area contributed by atoms with E-state index in [0.29, 0.717) is 10.5 Å². The third kappa shape index (κ3) is 4.90. The maximum absolute atomic E-state index is 12.9. The highest BCUT2D eigenvalue weighted by atomic mass is 32.2. The molecule has 162 valence electrons. The first kappa shape index (κ1) is 21.8. The largest absolute Gasteiger partial charge is 0.481 e. The Morgan fingerprint density at radius 2 is 1.94 bits per heavy atom.